The molecule has 1 aromatic carbocycles. The number of benzene rings is 1. The molecule has 1 unspecified atom stereocenters. The molecule has 91 valence electrons. The van der Waals surface area contributed by atoms with Crippen molar-refractivity contribution in [2.24, 2.45) is 0 Å². The third-order valence-corrected chi connectivity index (χ3v) is 2.34. The van der Waals surface area contributed by atoms with Gasteiger partial charge < -0.3 is 5.32 Å². The van der Waals surface area contributed by atoms with Gasteiger partial charge in [0.05, 0.1) is 11.5 Å². The van der Waals surface area contributed by atoms with Crippen LogP contribution in [0.3, 0.4) is 0 Å². The average Bonchev–Trinajstić information content (AvgIpc) is 2.27. The lowest BCUT2D eigenvalue weighted by atomic mass is 10.1. The Morgan fingerprint density at radius 2 is 2.06 bits per heavy atom. The lowest BCUT2D eigenvalue weighted by Gasteiger charge is -2.12. The number of carbonyl (C=O) groups is 1. The Kier molecular flexibility index (Phi) is 4.78. The summed E-state index contributed by atoms with van der Waals surface area (Å²) >= 11 is 0. The van der Waals surface area contributed by atoms with Gasteiger partial charge in [-0.15, -0.1) is 0 Å². The molecule has 0 aliphatic rings. The molecule has 5 heteroatoms. The van der Waals surface area contributed by atoms with Crippen molar-refractivity contribution in [1.82, 2.24) is 5.32 Å². The SMILES string of the molecule is [CH2]C(=O)CNC(C)Cc1ccc([N+](=O)[O-])cc1. The number of nitro groups is 1. The summed E-state index contributed by atoms with van der Waals surface area (Å²) in [5.41, 5.74) is 1.08. The van der Waals surface area contributed by atoms with E-state index in [1.807, 2.05) is 6.92 Å². The van der Waals surface area contributed by atoms with Crippen molar-refractivity contribution in [1.29, 1.82) is 0 Å². The summed E-state index contributed by atoms with van der Waals surface area (Å²) in [5, 5.41) is 13.5. The Bertz CT molecular complexity index is 401. The molecule has 0 saturated heterocycles. The van der Waals surface area contributed by atoms with Crippen LogP contribution in [-0.2, 0) is 11.2 Å². The first-order valence-electron chi connectivity index (χ1n) is 5.30. The maximum Gasteiger partial charge on any atom is 0.269 e. The number of hydrogen-bond acceptors (Lipinski definition) is 4. The van der Waals surface area contributed by atoms with Gasteiger partial charge in [-0.05, 0) is 18.9 Å². The third-order valence-electron chi connectivity index (χ3n) is 2.34. The van der Waals surface area contributed by atoms with Gasteiger partial charge in [0.15, 0.2) is 0 Å². The van der Waals surface area contributed by atoms with Crippen molar-refractivity contribution in [3.63, 3.8) is 0 Å². The van der Waals surface area contributed by atoms with E-state index in [0.717, 1.165) is 5.56 Å². The summed E-state index contributed by atoms with van der Waals surface area (Å²) in [4.78, 5) is 20.7. The number of nitrogens with one attached hydrogen (secondary N) is 1. The van der Waals surface area contributed by atoms with Gasteiger partial charge >= 0.3 is 0 Å². The van der Waals surface area contributed by atoms with Crippen LogP contribution in [0.15, 0.2) is 24.3 Å². The highest BCUT2D eigenvalue weighted by Crippen LogP contribution is 2.12. The van der Waals surface area contributed by atoms with Gasteiger partial charge in [-0.2, -0.15) is 0 Å². The fraction of sp³-hybridized carbons (Fsp3) is 0.333. The van der Waals surface area contributed by atoms with E-state index >= 15 is 0 Å². The Morgan fingerprint density at radius 1 is 1.47 bits per heavy atom. The standard InChI is InChI=1S/C12H15N2O3/c1-9(13-8-10(2)15)7-11-3-5-12(6-4-11)14(16)17/h3-6,9,13H,2,7-8H2,1H3. The topological polar surface area (TPSA) is 72.2 Å². The zero-order valence-corrected chi connectivity index (χ0v) is 9.68. The summed E-state index contributed by atoms with van der Waals surface area (Å²) in [6.07, 6.45) is 0.714. The summed E-state index contributed by atoms with van der Waals surface area (Å²) in [6, 6.07) is 6.54. The Hall–Kier alpha value is -1.75. The molecule has 1 aromatic rings. The molecular formula is C12H15N2O3. The highest BCUT2D eigenvalue weighted by molar-refractivity contribution is 5.84. The monoisotopic (exact) mass is 235 g/mol. The molecule has 0 amide bonds. The first kappa shape index (κ1) is 13.3. The van der Waals surface area contributed by atoms with Crippen molar-refractivity contribution in [3.8, 4) is 0 Å². The number of ketones is 1. The average molecular weight is 235 g/mol. The van der Waals surface area contributed by atoms with E-state index in [1.165, 1.54) is 12.1 Å². The molecule has 1 rings (SSSR count). The summed E-state index contributed by atoms with van der Waals surface area (Å²) in [5.74, 6) is -0.152. The molecule has 1 radical (unpaired) electrons. The van der Waals surface area contributed by atoms with Gasteiger partial charge in [0.25, 0.3) is 5.69 Å². The fourth-order valence-corrected chi connectivity index (χ4v) is 1.47. The van der Waals surface area contributed by atoms with Gasteiger partial charge in [-0.3, -0.25) is 14.9 Å². The molecule has 0 fully saturated rings. The minimum absolute atomic E-state index is 0.0855. The van der Waals surface area contributed by atoms with E-state index in [2.05, 4.69) is 12.2 Å². The summed E-state index contributed by atoms with van der Waals surface area (Å²) < 4.78 is 0. The quantitative estimate of drug-likeness (QED) is 0.599. The minimum atomic E-state index is -0.424. The zero-order chi connectivity index (χ0) is 12.8. The van der Waals surface area contributed by atoms with Crippen LogP contribution in [-0.4, -0.2) is 23.3 Å². The molecule has 0 aliphatic carbocycles. The van der Waals surface area contributed by atoms with E-state index in [0.29, 0.717) is 6.42 Å². The number of nitrogens with zero attached hydrogens (tertiary/aromatic N) is 1. The van der Waals surface area contributed by atoms with E-state index in [-0.39, 0.29) is 24.1 Å². The predicted octanol–water partition coefficient (Wildman–Crippen LogP) is 1.52. The normalized spacial score (nSPS) is 12.1. The summed E-state index contributed by atoms with van der Waals surface area (Å²) in [6.45, 7) is 5.47. The van der Waals surface area contributed by atoms with Gasteiger partial charge in [0.1, 0.15) is 5.78 Å². The van der Waals surface area contributed by atoms with Crippen LogP contribution in [0.5, 0.6) is 0 Å². The number of nitro benzene ring substituents is 1. The van der Waals surface area contributed by atoms with Crippen LogP contribution in [0.4, 0.5) is 5.69 Å². The molecular weight excluding hydrogens is 220 g/mol. The van der Waals surface area contributed by atoms with Crippen LogP contribution < -0.4 is 5.32 Å². The number of rotatable bonds is 6. The van der Waals surface area contributed by atoms with E-state index in [1.54, 1.807) is 12.1 Å². The fourth-order valence-electron chi connectivity index (χ4n) is 1.47. The van der Waals surface area contributed by atoms with Crippen molar-refractivity contribution < 1.29 is 9.72 Å². The first-order valence-corrected chi connectivity index (χ1v) is 5.30. The van der Waals surface area contributed by atoms with Gasteiger partial charge in [-0.1, -0.05) is 12.1 Å². The van der Waals surface area contributed by atoms with Gasteiger partial charge in [0, 0.05) is 25.1 Å². The smallest absolute Gasteiger partial charge is 0.269 e. The predicted molar refractivity (Wildman–Crippen MR) is 64.6 cm³/mol. The van der Waals surface area contributed by atoms with Crippen LogP contribution >= 0.6 is 0 Å². The van der Waals surface area contributed by atoms with E-state index in [4.69, 9.17) is 0 Å². The number of Topliss-reactive ketones (excluding diaryl/α,β-unsaturated/α-hetero) is 1. The third kappa shape index (κ3) is 4.74. The van der Waals surface area contributed by atoms with Crippen molar-refractivity contribution in [2.45, 2.75) is 19.4 Å². The molecule has 5 nitrogen and oxygen atoms in total. The van der Waals surface area contributed by atoms with Gasteiger partial charge in [0.2, 0.25) is 0 Å². The lowest BCUT2D eigenvalue weighted by Crippen LogP contribution is -2.32. The van der Waals surface area contributed by atoms with E-state index in [9.17, 15) is 14.9 Å². The van der Waals surface area contributed by atoms with Crippen molar-refractivity contribution >= 4 is 11.5 Å². The van der Waals surface area contributed by atoms with Crippen molar-refractivity contribution in [3.05, 3.63) is 46.9 Å². The molecule has 0 bridgehead atoms. The van der Waals surface area contributed by atoms with Crippen LogP contribution in [0.25, 0.3) is 0 Å². The van der Waals surface area contributed by atoms with Crippen LogP contribution in [0.2, 0.25) is 0 Å². The molecule has 0 spiro atoms. The highest BCUT2D eigenvalue weighted by atomic mass is 16.6. The second-order valence-electron chi connectivity index (χ2n) is 3.95. The molecule has 1 atom stereocenters. The number of hydrogen-bond donors (Lipinski definition) is 1. The Balaban J connectivity index is 2.51. The molecule has 0 saturated carbocycles. The Morgan fingerprint density at radius 3 is 2.53 bits per heavy atom. The van der Waals surface area contributed by atoms with Crippen LogP contribution in [0.1, 0.15) is 12.5 Å². The first-order chi connectivity index (χ1) is 7.99. The van der Waals surface area contributed by atoms with Gasteiger partial charge in [-0.25, -0.2) is 0 Å². The maximum atomic E-state index is 10.7. The summed E-state index contributed by atoms with van der Waals surface area (Å²) in [7, 11) is 0. The number of non-ortho nitro benzene ring substituents is 1. The molecule has 17 heavy (non-hydrogen) atoms. The largest absolute Gasteiger partial charge is 0.307 e. The second-order valence-corrected chi connectivity index (χ2v) is 3.95. The molecule has 1 N–H and O–H groups in total. The van der Waals surface area contributed by atoms with E-state index < -0.39 is 4.92 Å². The zero-order valence-electron chi connectivity index (χ0n) is 9.68. The van der Waals surface area contributed by atoms with Crippen molar-refractivity contribution in [2.75, 3.05) is 6.54 Å². The molecule has 0 heterocycles. The number of carbonyl (C=O) groups excluding carboxylic acids is 1. The minimum Gasteiger partial charge on any atom is -0.307 e. The molecule has 0 aromatic heterocycles. The Labute approximate surface area is 100.0 Å². The molecule has 0 aliphatic heterocycles. The lowest BCUT2D eigenvalue weighted by molar-refractivity contribution is -0.384. The highest BCUT2D eigenvalue weighted by Gasteiger charge is 2.07. The second kappa shape index (κ2) is 6.10. The van der Waals surface area contributed by atoms with Crippen LogP contribution in [0, 0.1) is 17.0 Å². The maximum absolute atomic E-state index is 10.7.